The van der Waals surface area contributed by atoms with Gasteiger partial charge in [-0.1, -0.05) is 41.9 Å². The third-order valence-corrected chi connectivity index (χ3v) is 3.35. The van der Waals surface area contributed by atoms with E-state index in [0.717, 1.165) is 21.8 Å². The van der Waals surface area contributed by atoms with Gasteiger partial charge in [0.1, 0.15) is 0 Å². The van der Waals surface area contributed by atoms with Gasteiger partial charge in [-0.25, -0.2) is 0 Å². The molecular weight excluding hydrogens is 258 g/mol. The van der Waals surface area contributed by atoms with Crippen molar-refractivity contribution >= 4 is 17.3 Å². The number of hydrogen-bond acceptors (Lipinski definition) is 2. The normalized spacial score (nSPS) is 10.5. The van der Waals surface area contributed by atoms with Crippen LogP contribution in [0, 0.1) is 6.92 Å². The van der Waals surface area contributed by atoms with Gasteiger partial charge in [0, 0.05) is 29.9 Å². The van der Waals surface area contributed by atoms with Gasteiger partial charge in [0.05, 0.1) is 6.61 Å². The molecule has 0 atom stereocenters. The molecule has 2 aromatic carbocycles. The molecule has 2 rings (SSSR count). The van der Waals surface area contributed by atoms with E-state index in [1.807, 2.05) is 25.1 Å². The van der Waals surface area contributed by atoms with Crippen molar-refractivity contribution in [3.63, 3.8) is 0 Å². The summed E-state index contributed by atoms with van der Waals surface area (Å²) in [6.45, 7) is 3.35. The zero-order chi connectivity index (χ0) is 13.7. The zero-order valence-electron chi connectivity index (χ0n) is 11.2. The number of hydrogen-bond donors (Lipinski definition) is 1. The average Bonchev–Trinajstić information content (AvgIpc) is 2.40. The van der Waals surface area contributed by atoms with Crippen LogP contribution in [-0.4, -0.2) is 7.11 Å². The third kappa shape index (κ3) is 3.72. The zero-order valence-corrected chi connectivity index (χ0v) is 12.0. The van der Waals surface area contributed by atoms with Crippen LogP contribution in [0.3, 0.4) is 0 Å². The lowest BCUT2D eigenvalue weighted by Crippen LogP contribution is -2.03. The fourth-order valence-electron chi connectivity index (χ4n) is 1.96. The van der Waals surface area contributed by atoms with E-state index in [4.69, 9.17) is 16.3 Å². The van der Waals surface area contributed by atoms with Gasteiger partial charge in [0.15, 0.2) is 0 Å². The van der Waals surface area contributed by atoms with E-state index in [9.17, 15) is 0 Å². The predicted molar refractivity (Wildman–Crippen MR) is 80.7 cm³/mol. The average molecular weight is 276 g/mol. The molecule has 0 bridgehead atoms. The smallest absolute Gasteiger partial charge is 0.0733 e. The number of rotatable bonds is 5. The van der Waals surface area contributed by atoms with Crippen LogP contribution in [0.4, 0.5) is 5.69 Å². The molecular formula is C16H18ClNO. The van der Waals surface area contributed by atoms with Crippen molar-refractivity contribution < 1.29 is 4.74 Å². The molecule has 0 heterocycles. The summed E-state index contributed by atoms with van der Waals surface area (Å²) in [5.41, 5.74) is 4.50. The van der Waals surface area contributed by atoms with Crippen LogP contribution < -0.4 is 5.32 Å². The van der Waals surface area contributed by atoms with E-state index in [2.05, 4.69) is 29.6 Å². The molecule has 100 valence electrons. The second kappa shape index (κ2) is 6.60. The molecule has 0 aliphatic rings. The van der Waals surface area contributed by atoms with Gasteiger partial charge in [0.2, 0.25) is 0 Å². The van der Waals surface area contributed by atoms with Crippen LogP contribution in [0.15, 0.2) is 42.5 Å². The molecule has 0 radical (unpaired) electrons. The quantitative estimate of drug-likeness (QED) is 0.873. The van der Waals surface area contributed by atoms with Crippen molar-refractivity contribution in [2.24, 2.45) is 0 Å². The molecule has 0 unspecified atom stereocenters. The van der Waals surface area contributed by atoms with Crippen LogP contribution >= 0.6 is 11.6 Å². The maximum atomic E-state index is 6.23. The second-order valence-electron chi connectivity index (χ2n) is 4.54. The lowest BCUT2D eigenvalue weighted by atomic mass is 10.1. The molecule has 0 aliphatic carbocycles. The summed E-state index contributed by atoms with van der Waals surface area (Å²) < 4.78 is 5.19. The minimum atomic E-state index is 0.602. The maximum Gasteiger partial charge on any atom is 0.0733 e. The molecule has 0 saturated carbocycles. The van der Waals surface area contributed by atoms with E-state index in [1.165, 1.54) is 5.56 Å². The van der Waals surface area contributed by atoms with Crippen LogP contribution in [-0.2, 0) is 17.9 Å². The van der Waals surface area contributed by atoms with E-state index in [-0.39, 0.29) is 0 Å². The molecule has 0 aliphatic heterocycles. The fraction of sp³-hybridized carbons (Fsp3) is 0.250. The van der Waals surface area contributed by atoms with Gasteiger partial charge in [-0.2, -0.15) is 0 Å². The van der Waals surface area contributed by atoms with Crippen molar-refractivity contribution in [2.75, 3.05) is 12.4 Å². The summed E-state index contributed by atoms with van der Waals surface area (Å²) in [4.78, 5) is 0. The van der Waals surface area contributed by atoms with E-state index in [1.54, 1.807) is 7.11 Å². The molecule has 0 aromatic heterocycles. The predicted octanol–water partition coefficient (Wildman–Crippen LogP) is 4.41. The number of halogens is 1. The molecule has 0 fully saturated rings. The third-order valence-electron chi connectivity index (χ3n) is 3.00. The number of ether oxygens (including phenoxy) is 1. The topological polar surface area (TPSA) is 21.3 Å². The van der Waals surface area contributed by atoms with Crippen molar-refractivity contribution in [3.05, 3.63) is 64.2 Å². The summed E-state index contributed by atoms with van der Waals surface area (Å²) in [6.07, 6.45) is 0. The largest absolute Gasteiger partial charge is 0.381 e. The van der Waals surface area contributed by atoms with Gasteiger partial charge < -0.3 is 10.1 Å². The Hall–Kier alpha value is -1.51. The van der Waals surface area contributed by atoms with Crippen LogP contribution in [0.1, 0.15) is 16.7 Å². The molecule has 0 amide bonds. The first-order valence-electron chi connectivity index (χ1n) is 6.26. The maximum absolute atomic E-state index is 6.23. The van der Waals surface area contributed by atoms with Gasteiger partial charge in [-0.15, -0.1) is 0 Å². The van der Waals surface area contributed by atoms with E-state index < -0.39 is 0 Å². The first kappa shape index (κ1) is 13.9. The number of anilines is 1. The molecule has 0 spiro atoms. The second-order valence-corrected chi connectivity index (χ2v) is 4.95. The molecule has 2 aromatic rings. The van der Waals surface area contributed by atoms with Gasteiger partial charge >= 0.3 is 0 Å². The Morgan fingerprint density at radius 1 is 1.11 bits per heavy atom. The standard InChI is InChI=1S/C16H18ClNO/c1-12-7-8-13(15(17)9-12)10-18-16-6-4-3-5-14(16)11-19-2/h3-9,18H,10-11H2,1-2H3. The van der Waals surface area contributed by atoms with Gasteiger partial charge in [-0.3, -0.25) is 0 Å². The molecule has 1 N–H and O–H groups in total. The minimum Gasteiger partial charge on any atom is -0.381 e. The minimum absolute atomic E-state index is 0.602. The van der Waals surface area contributed by atoms with Crippen molar-refractivity contribution in [3.8, 4) is 0 Å². The van der Waals surface area contributed by atoms with Crippen LogP contribution in [0.2, 0.25) is 5.02 Å². The highest BCUT2D eigenvalue weighted by molar-refractivity contribution is 6.31. The monoisotopic (exact) mass is 275 g/mol. The van der Waals surface area contributed by atoms with Crippen LogP contribution in [0.25, 0.3) is 0 Å². The fourth-order valence-corrected chi connectivity index (χ4v) is 2.26. The summed E-state index contributed by atoms with van der Waals surface area (Å²) in [6, 6.07) is 14.3. The molecule has 2 nitrogen and oxygen atoms in total. The summed E-state index contributed by atoms with van der Waals surface area (Å²) in [5, 5.41) is 4.21. The lowest BCUT2D eigenvalue weighted by molar-refractivity contribution is 0.185. The van der Waals surface area contributed by atoms with Crippen molar-refractivity contribution in [2.45, 2.75) is 20.1 Å². The SMILES string of the molecule is COCc1ccccc1NCc1ccc(C)cc1Cl. The number of nitrogens with one attached hydrogen (secondary N) is 1. The van der Waals surface area contributed by atoms with E-state index >= 15 is 0 Å². The van der Waals surface area contributed by atoms with Crippen molar-refractivity contribution in [1.29, 1.82) is 0 Å². The number of aryl methyl sites for hydroxylation is 1. The number of benzene rings is 2. The Morgan fingerprint density at radius 3 is 2.63 bits per heavy atom. The highest BCUT2D eigenvalue weighted by Gasteiger charge is 2.03. The summed E-state index contributed by atoms with van der Waals surface area (Å²) >= 11 is 6.23. The van der Waals surface area contributed by atoms with Gasteiger partial charge in [-0.05, 0) is 30.2 Å². The molecule has 0 saturated heterocycles. The molecule has 3 heteroatoms. The first-order valence-corrected chi connectivity index (χ1v) is 6.64. The summed E-state index contributed by atoms with van der Waals surface area (Å²) in [7, 11) is 1.70. The molecule has 19 heavy (non-hydrogen) atoms. The Morgan fingerprint density at radius 2 is 1.89 bits per heavy atom. The van der Waals surface area contributed by atoms with Crippen LogP contribution in [0.5, 0.6) is 0 Å². The Kier molecular flexibility index (Phi) is 4.83. The Labute approximate surface area is 119 Å². The number of methoxy groups -OCH3 is 1. The highest BCUT2D eigenvalue weighted by atomic mass is 35.5. The van der Waals surface area contributed by atoms with Crippen molar-refractivity contribution in [1.82, 2.24) is 0 Å². The Bertz CT molecular complexity index is 554. The van der Waals surface area contributed by atoms with Gasteiger partial charge in [0.25, 0.3) is 0 Å². The van der Waals surface area contributed by atoms with E-state index in [0.29, 0.717) is 13.2 Å². The first-order chi connectivity index (χ1) is 9.20. The summed E-state index contributed by atoms with van der Waals surface area (Å²) in [5.74, 6) is 0. The highest BCUT2D eigenvalue weighted by Crippen LogP contribution is 2.21. The number of para-hydroxylation sites is 1. The Balaban J connectivity index is 2.10. The lowest BCUT2D eigenvalue weighted by Gasteiger charge is -2.12.